The van der Waals surface area contributed by atoms with E-state index in [0.717, 1.165) is 0 Å². The highest BCUT2D eigenvalue weighted by atomic mass is 35.5. The molecular weight excluding hydrogens is 372 g/mol. The number of methoxy groups -OCH3 is 1. The van der Waals surface area contributed by atoms with Gasteiger partial charge in [0.2, 0.25) is 0 Å². The second kappa shape index (κ2) is 8.09. The molecule has 2 heterocycles. The molecule has 0 unspecified atom stereocenters. The van der Waals surface area contributed by atoms with Crippen molar-refractivity contribution in [3.05, 3.63) is 69.7 Å². The van der Waals surface area contributed by atoms with Crippen molar-refractivity contribution in [1.82, 2.24) is 9.38 Å². The van der Waals surface area contributed by atoms with Crippen molar-refractivity contribution in [2.45, 2.75) is 19.6 Å². The minimum atomic E-state index is -0.821. The molecule has 1 atom stereocenters. The van der Waals surface area contributed by atoms with E-state index in [9.17, 15) is 9.59 Å². The fraction of sp³-hybridized carbons (Fsp3) is 0.211. The molecule has 0 aliphatic heterocycles. The molecule has 0 radical (unpaired) electrons. The maximum absolute atomic E-state index is 12.1. The smallest absolute Gasteiger partial charge is 0.347 e. The third kappa shape index (κ3) is 4.57. The third-order valence-electron chi connectivity index (χ3n) is 3.74. The third-order valence-corrected chi connectivity index (χ3v) is 3.97. The Morgan fingerprint density at radius 1 is 1.19 bits per heavy atom. The van der Waals surface area contributed by atoms with Crippen molar-refractivity contribution in [3.63, 3.8) is 0 Å². The summed E-state index contributed by atoms with van der Waals surface area (Å²) >= 11 is 5.87. The highest BCUT2D eigenvalue weighted by Crippen LogP contribution is 2.18. The lowest BCUT2D eigenvalue weighted by molar-refractivity contribution is -0.152. The van der Waals surface area contributed by atoms with Crippen LogP contribution in [-0.4, -0.2) is 28.6 Å². The second-order valence-electron chi connectivity index (χ2n) is 5.70. The molecule has 0 bridgehead atoms. The molecule has 3 aromatic rings. The Labute approximate surface area is 160 Å². The van der Waals surface area contributed by atoms with Crippen LogP contribution in [0.4, 0.5) is 0 Å². The average molecular weight is 389 g/mol. The highest BCUT2D eigenvalue weighted by Gasteiger charge is 2.17. The molecule has 2 aromatic heterocycles. The Kier molecular flexibility index (Phi) is 5.61. The van der Waals surface area contributed by atoms with E-state index in [4.69, 9.17) is 25.8 Å². The van der Waals surface area contributed by atoms with Crippen LogP contribution in [0.2, 0.25) is 5.02 Å². The van der Waals surface area contributed by atoms with Crippen molar-refractivity contribution in [3.8, 4) is 11.5 Å². The van der Waals surface area contributed by atoms with Gasteiger partial charge >= 0.3 is 5.97 Å². The number of hydrogen-bond donors (Lipinski definition) is 0. The van der Waals surface area contributed by atoms with Gasteiger partial charge in [-0.3, -0.25) is 9.20 Å². The largest absolute Gasteiger partial charge is 0.497 e. The van der Waals surface area contributed by atoms with Gasteiger partial charge in [-0.15, -0.1) is 0 Å². The minimum Gasteiger partial charge on any atom is -0.497 e. The van der Waals surface area contributed by atoms with E-state index in [2.05, 4.69) is 4.98 Å². The zero-order valence-corrected chi connectivity index (χ0v) is 15.5. The Balaban J connectivity index is 1.63. The molecule has 8 heteroatoms. The van der Waals surface area contributed by atoms with Crippen molar-refractivity contribution in [2.75, 3.05) is 7.11 Å². The van der Waals surface area contributed by atoms with E-state index in [1.165, 1.54) is 16.7 Å². The summed E-state index contributed by atoms with van der Waals surface area (Å²) in [4.78, 5) is 28.5. The molecule has 0 spiro atoms. The van der Waals surface area contributed by atoms with Gasteiger partial charge in [0.05, 0.1) is 17.8 Å². The maximum Gasteiger partial charge on any atom is 0.347 e. The number of carbonyl (C=O) groups excluding carboxylic acids is 1. The summed E-state index contributed by atoms with van der Waals surface area (Å²) in [7, 11) is 1.57. The van der Waals surface area contributed by atoms with Crippen LogP contribution in [-0.2, 0) is 16.1 Å². The summed E-state index contributed by atoms with van der Waals surface area (Å²) in [6, 6.07) is 11.4. The maximum atomic E-state index is 12.1. The standard InChI is InChI=1S/C19H17ClN2O5/c1-12(27-16-6-4-15(25-2)5-7-16)19(24)26-11-14-9-18(23)22-10-13(20)3-8-17(22)21-14/h3-10,12H,11H2,1-2H3/t12-/m1/s1. The zero-order valence-electron chi connectivity index (χ0n) is 14.7. The summed E-state index contributed by atoms with van der Waals surface area (Å²) in [5, 5.41) is 0.426. The van der Waals surface area contributed by atoms with E-state index < -0.39 is 12.1 Å². The van der Waals surface area contributed by atoms with Crippen LogP contribution in [0.25, 0.3) is 5.65 Å². The topological polar surface area (TPSA) is 79.1 Å². The molecule has 0 saturated carbocycles. The molecule has 0 saturated heterocycles. The second-order valence-corrected chi connectivity index (χ2v) is 6.14. The molecule has 140 valence electrons. The number of ether oxygens (including phenoxy) is 3. The Morgan fingerprint density at radius 2 is 1.89 bits per heavy atom. The fourth-order valence-corrected chi connectivity index (χ4v) is 2.53. The fourth-order valence-electron chi connectivity index (χ4n) is 2.37. The first-order chi connectivity index (χ1) is 13.0. The lowest BCUT2D eigenvalue weighted by Crippen LogP contribution is -2.26. The monoisotopic (exact) mass is 388 g/mol. The van der Waals surface area contributed by atoms with E-state index in [1.807, 2.05) is 0 Å². The van der Waals surface area contributed by atoms with Gasteiger partial charge in [0, 0.05) is 12.3 Å². The number of nitrogens with zero attached hydrogens (tertiary/aromatic N) is 2. The number of hydrogen-bond acceptors (Lipinski definition) is 6. The Morgan fingerprint density at radius 3 is 2.59 bits per heavy atom. The van der Waals surface area contributed by atoms with Gasteiger partial charge in [0.15, 0.2) is 6.10 Å². The minimum absolute atomic E-state index is 0.135. The number of rotatable bonds is 6. The first-order valence-electron chi connectivity index (χ1n) is 8.11. The average Bonchev–Trinajstić information content (AvgIpc) is 2.67. The van der Waals surface area contributed by atoms with Gasteiger partial charge in [0.1, 0.15) is 23.8 Å². The molecule has 0 fully saturated rings. The lowest BCUT2D eigenvalue weighted by Gasteiger charge is -2.14. The summed E-state index contributed by atoms with van der Waals surface area (Å²) in [6.45, 7) is 1.45. The number of carbonyl (C=O) groups is 1. The SMILES string of the molecule is COc1ccc(O[C@H](C)C(=O)OCc2cc(=O)n3cc(Cl)ccc3n2)cc1. The van der Waals surface area contributed by atoms with Crippen LogP contribution >= 0.6 is 11.6 Å². The number of fused-ring (bicyclic) bond motifs is 1. The van der Waals surface area contributed by atoms with E-state index in [1.54, 1.807) is 50.4 Å². The van der Waals surface area contributed by atoms with Crippen molar-refractivity contribution < 1.29 is 19.0 Å². The van der Waals surface area contributed by atoms with E-state index in [0.29, 0.717) is 27.9 Å². The predicted octanol–water partition coefficient (Wildman–Crippen LogP) is 2.87. The molecule has 1 aromatic carbocycles. The van der Waals surface area contributed by atoms with Crippen molar-refractivity contribution in [1.29, 1.82) is 0 Å². The van der Waals surface area contributed by atoms with Crippen LogP contribution in [0.1, 0.15) is 12.6 Å². The van der Waals surface area contributed by atoms with Crippen LogP contribution in [0, 0.1) is 0 Å². The first kappa shape index (κ1) is 18.7. The lowest BCUT2D eigenvalue weighted by atomic mass is 10.3. The van der Waals surface area contributed by atoms with Crippen molar-refractivity contribution >= 4 is 23.2 Å². The molecule has 7 nitrogen and oxygen atoms in total. The van der Waals surface area contributed by atoms with Gasteiger partial charge in [-0.05, 0) is 43.3 Å². The van der Waals surface area contributed by atoms with Crippen LogP contribution < -0.4 is 15.0 Å². The highest BCUT2D eigenvalue weighted by molar-refractivity contribution is 6.30. The number of pyridine rings is 1. The van der Waals surface area contributed by atoms with E-state index in [-0.39, 0.29) is 12.2 Å². The molecule has 0 aliphatic carbocycles. The van der Waals surface area contributed by atoms with Gasteiger partial charge in [-0.1, -0.05) is 11.6 Å². The summed E-state index contributed by atoms with van der Waals surface area (Å²) in [6.07, 6.45) is 0.658. The van der Waals surface area contributed by atoms with Gasteiger partial charge in [-0.25, -0.2) is 9.78 Å². The zero-order chi connectivity index (χ0) is 19.4. The molecule has 27 heavy (non-hydrogen) atoms. The molecular formula is C19H17ClN2O5. The van der Waals surface area contributed by atoms with Gasteiger partial charge < -0.3 is 14.2 Å². The van der Waals surface area contributed by atoms with Crippen molar-refractivity contribution in [2.24, 2.45) is 0 Å². The van der Waals surface area contributed by atoms with E-state index >= 15 is 0 Å². The predicted molar refractivity (Wildman–Crippen MR) is 99.4 cm³/mol. The number of benzene rings is 1. The summed E-state index contributed by atoms with van der Waals surface area (Å²) < 4.78 is 17.1. The van der Waals surface area contributed by atoms with Crippen LogP contribution in [0.5, 0.6) is 11.5 Å². The van der Waals surface area contributed by atoms with Crippen LogP contribution in [0.15, 0.2) is 53.5 Å². The number of halogens is 1. The van der Waals surface area contributed by atoms with Gasteiger partial charge in [-0.2, -0.15) is 0 Å². The first-order valence-corrected chi connectivity index (χ1v) is 8.49. The van der Waals surface area contributed by atoms with Gasteiger partial charge in [0.25, 0.3) is 5.56 Å². The normalized spacial score (nSPS) is 11.8. The molecule has 0 aliphatic rings. The summed E-state index contributed by atoms with van der Waals surface area (Å²) in [5.41, 5.74) is 0.448. The summed E-state index contributed by atoms with van der Waals surface area (Å²) in [5.74, 6) is 0.635. The van der Waals surface area contributed by atoms with Crippen LogP contribution in [0.3, 0.4) is 0 Å². The Hall–Kier alpha value is -3.06. The quantitative estimate of drug-likeness (QED) is 0.604. The number of esters is 1. The molecule has 0 amide bonds. The molecule has 3 rings (SSSR count). The number of aromatic nitrogens is 2. The Bertz CT molecular complexity index is 1020. The molecule has 0 N–H and O–H groups in total.